The highest BCUT2D eigenvalue weighted by molar-refractivity contribution is 14.1. The molecule has 0 saturated heterocycles. The van der Waals surface area contributed by atoms with Crippen LogP contribution in [-0.4, -0.2) is 4.98 Å². The second-order valence-corrected chi connectivity index (χ2v) is 3.69. The molecule has 0 atom stereocenters. The van der Waals surface area contributed by atoms with E-state index in [1.165, 1.54) is 9.13 Å². The first-order valence-corrected chi connectivity index (χ1v) is 4.34. The van der Waals surface area contributed by atoms with E-state index in [9.17, 15) is 0 Å². The van der Waals surface area contributed by atoms with Crippen LogP contribution in [-0.2, 0) is 0 Å². The number of hydrogen-bond acceptors (Lipinski definition) is 1. The van der Waals surface area contributed by atoms with Gasteiger partial charge >= 0.3 is 0 Å². The number of aryl methyl sites for hydroxylation is 1. The van der Waals surface area contributed by atoms with Crippen LogP contribution in [0.4, 0.5) is 0 Å². The van der Waals surface area contributed by atoms with Crippen LogP contribution in [0.5, 0.6) is 0 Å². The third-order valence-electron chi connectivity index (χ3n) is 1.01. The molecule has 1 heterocycles. The van der Waals surface area contributed by atoms with E-state index in [2.05, 4.69) is 43.5 Å². The Morgan fingerprint density at radius 2 is 2.22 bits per heavy atom. The number of pyridine rings is 1. The molecule has 1 aromatic rings. The van der Waals surface area contributed by atoms with Gasteiger partial charge in [-0.2, -0.15) is 0 Å². The molecule has 0 aliphatic rings. The van der Waals surface area contributed by atoms with Crippen LogP contribution >= 0.6 is 38.5 Å². The Morgan fingerprint density at radius 1 is 1.56 bits per heavy atom. The number of halogens is 2. The summed E-state index contributed by atoms with van der Waals surface area (Å²) in [6.45, 7) is 2.04. The largest absolute Gasteiger partial charge is 0.263 e. The molecule has 0 radical (unpaired) electrons. The lowest BCUT2D eigenvalue weighted by molar-refractivity contribution is 1.23. The van der Waals surface area contributed by atoms with Gasteiger partial charge in [0.15, 0.2) is 0 Å². The van der Waals surface area contributed by atoms with Gasteiger partial charge in [0.25, 0.3) is 0 Å². The highest BCUT2D eigenvalue weighted by Crippen LogP contribution is 2.19. The van der Waals surface area contributed by atoms with E-state index in [4.69, 9.17) is 0 Å². The Bertz CT molecular complexity index is 204. The van der Waals surface area contributed by atoms with E-state index >= 15 is 0 Å². The molecule has 0 aromatic carbocycles. The summed E-state index contributed by atoms with van der Waals surface area (Å²) in [6, 6.07) is 0. The minimum absolute atomic E-state index is 1.07. The third-order valence-corrected chi connectivity index (χ3v) is 3.79. The fourth-order valence-corrected chi connectivity index (χ4v) is 1.23. The minimum atomic E-state index is 1.07. The Hall–Kier alpha value is 0.360. The third kappa shape index (κ3) is 1.64. The predicted octanol–water partition coefficient (Wildman–Crippen LogP) is 2.76. The minimum Gasteiger partial charge on any atom is -0.263 e. The van der Waals surface area contributed by atoms with Crippen molar-refractivity contribution in [2.75, 3.05) is 0 Å². The summed E-state index contributed by atoms with van der Waals surface area (Å²) in [4.78, 5) is 3.99. The van der Waals surface area contributed by atoms with Crippen molar-refractivity contribution < 1.29 is 0 Å². The topological polar surface area (TPSA) is 12.9 Å². The molecule has 1 aromatic heterocycles. The summed E-state index contributed by atoms with van der Waals surface area (Å²) in [7, 11) is 0. The number of rotatable bonds is 0. The first-order chi connectivity index (χ1) is 4.22. The second-order valence-electron chi connectivity index (χ2n) is 1.75. The fourth-order valence-electron chi connectivity index (χ4n) is 0.516. The van der Waals surface area contributed by atoms with Gasteiger partial charge in [0.1, 0.15) is 0 Å². The smallest absolute Gasteiger partial charge is 0.0494 e. The standard InChI is InChI=1S/C6H5BrIN/c1-4-2-9-3-5(7)6(4)8/h2-3H,1H3. The summed E-state index contributed by atoms with van der Waals surface area (Å²) in [5.74, 6) is 0. The summed E-state index contributed by atoms with van der Waals surface area (Å²) in [5, 5.41) is 0. The molecule has 0 amide bonds. The first-order valence-electron chi connectivity index (χ1n) is 2.47. The second kappa shape index (κ2) is 2.96. The zero-order valence-corrected chi connectivity index (χ0v) is 8.60. The van der Waals surface area contributed by atoms with Crippen molar-refractivity contribution >= 4 is 38.5 Å². The maximum Gasteiger partial charge on any atom is 0.0494 e. The molecular weight excluding hydrogens is 293 g/mol. The molecule has 3 heteroatoms. The molecule has 0 saturated carbocycles. The zero-order chi connectivity index (χ0) is 6.85. The van der Waals surface area contributed by atoms with Crippen molar-refractivity contribution in [2.45, 2.75) is 6.92 Å². The molecule has 0 aliphatic carbocycles. The number of hydrogen-bond donors (Lipinski definition) is 0. The number of nitrogens with zero attached hydrogens (tertiary/aromatic N) is 1. The average molecular weight is 298 g/mol. The van der Waals surface area contributed by atoms with Gasteiger partial charge < -0.3 is 0 Å². The van der Waals surface area contributed by atoms with Crippen molar-refractivity contribution in [2.24, 2.45) is 0 Å². The number of aromatic nitrogens is 1. The van der Waals surface area contributed by atoms with Crippen LogP contribution in [0.15, 0.2) is 16.9 Å². The first kappa shape index (κ1) is 7.47. The maximum atomic E-state index is 3.99. The van der Waals surface area contributed by atoms with E-state index in [0.29, 0.717) is 0 Å². The molecule has 1 nitrogen and oxygen atoms in total. The molecule has 48 valence electrons. The van der Waals surface area contributed by atoms with E-state index in [0.717, 1.165) is 4.47 Å². The quantitative estimate of drug-likeness (QED) is 0.671. The summed E-state index contributed by atoms with van der Waals surface area (Å²) in [5.41, 5.74) is 1.21. The van der Waals surface area contributed by atoms with Gasteiger partial charge in [-0.15, -0.1) is 0 Å². The van der Waals surface area contributed by atoms with Crippen LogP contribution in [0.1, 0.15) is 5.56 Å². The lowest BCUT2D eigenvalue weighted by Gasteiger charge is -1.96. The van der Waals surface area contributed by atoms with Gasteiger partial charge in [-0.1, -0.05) is 0 Å². The van der Waals surface area contributed by atoms with Crippen molar-refractivity contribution in [1.29, 1.82) is 0 Å². The van der Waals surface area contributed by atoms with Crippen LogP contribution < -0.4 is 0 Å². The van der Waals surface area contributed by atoms with Gasteiger partial charge in [0, 0.05) is 20.4 Å². The summed E-state index contributed by atoms with van der Waals surface area (Å²) < 4.78 is 2.31. The highest BCUT2D eigenvalue weighted by atomic mass is 127. The zero-order valence-electron chi connectivity index (χ0n) is 4.86. The molecule has 0 bridgehead atoms. The maximum absolute atomic E-state index is 3.99. The van der Waals surface area contributed by atoms with Crippen LogP contribution in [0.3, 0.4) is 0 Å². The molecule has 0 spiro atoms. The Balaban J connectivity index is 3.25. The van der Waals surface area contributed by atoms with Crippen LogP contribution in [0, 0.1) is 10.5 Å². The molecule has 0 N–H and O–H groups in total. The van der Waals surface area contributed by atoms with Gasteiger partial charge in [0.2, 0.25) is 0 Å². The SMILES string of the molecule is Cc1cncc(Br)c1I. The van der Waals surface area contributed by atoms with Crippen LogP contribution in [0.2, 0.25) is 0 Å². The Labute approximate surface area is 76.1 Å². The van der Waals surface area contributed by atoms with Crippen molar-refractivity contribution in [1.82, 2.24) is 4.98 Å². The van der Waals surface area contributed by atoms with Crippen molar-refractivity contribution in [3.63, 3.8) is 0 Å². The van der Waals surface area contributed by atoms with E-state index in [1.54, 1.807) is 6.20 Å². The predicted molar refractivity (Wildman–Crippen MR) is 49.4 cm³/mol. The van der Waals surface area contributed by atoms with Crippen molar-refractivity contribution in [3.8, 4) is 0 Å². The van der Waals surface area contributed by atoms with Gasteiger partial charge in [-0.25, -0.2) is 0 Å². The highest BCUT2D eigenvalue weighted by Gasteiger charge is 1.96. The monoisotopic (exact) mass is 297 g/mol. The average Bonchev–Trinajstić information content (AvgIpc) is 1.83. The van der Waals surface area contributed by atoms with Gasteiger partial charge in [0.05, 0.1) is 0 Å². The molecule has 0 fully saturated rings. The molecule has 0 unspecified atom stereocenters. The molecule has 0 aliphatic heterocycles. The lowest BCUT2D eigenvalue weighted by atomic mass is 10.3. The fraction of sp³-hybridized carbons (Fsp3) is 0.167. The Morgan fingerprint density at radius 3 is 2.67 bits per heavy atom. The van der Waals surface area contributed by atoms with Crippen molar-refractivity contribution in [3.05, 3.63) is 26.0 Å². The molecular formula is C6H5BrIN. The summed E-state index contributed by atoms with van der Waals surface area (Å²) in [6.07, 6.45) is 3.65. The van der Waals surface area contributed by atoms with Gasteiger partial charge in [-0.3, -0.25) is 4.98 Å². The Kier molecular flexibility index (Phi) is 2.46. The van der Waals surface area contributed by atoms with E-state index in [-0.39, 0.29) is 0 Å². The van der Waals surface area contributed by atoms with Crippen LogP contribution in [0.25, 0.3) is 0 Å². The summed E-state index contributed by atoms with van der Waals surface area (Å²) >= 11 is 5.66. The molecule has 9 heavy (non-hydrogen) atoms. The van der Waals surface area contributed by atoms with E-state index < -0.39 is 0 Å². The molecule has 1 rings (SSSR count). The lowest BCUT2D eigenvalue weighted by Crippen LogP contribution is -1.82. The van der Waals surface area contributed by atoms with E-state index in [1.807, 2.05) is 13.1 Å². The van der Waals surface area contributed by atoms with Gasteiger partial charge in [-0.05, 0) is 51.0 Å². The normalized spacial score (nSPS) is 9.67.